The van der Waals surface area contributed by atoms with E-state index in [0.29, 0.717) is 25.3 Å². The fourth-order valence-electron chi connectivity index (χ4n) is 5.73. The summed E-state index contributed by atoms with van der Waals surface area (Å²) < 4.78 is 23.8. The Kier molecular flexibility index (Phi) is 7.43. The molecule has 0 aliphatic carbocycles. The maximum Gasteiger partial charge on any atom is 0.323 e. The van der Waals surface area contributed by atoms with Crippen molar-refractivity contribution in [2.24, 2.45) is 0 Å². The summed E-state index contributed by atoms with van der Waals surface area (Å²) in [5, 5.41) is 0. The molecule has 0 saturated heterocycles. The van der Waals surface area contributed by atoms with Crippen LogP contribution in [0.3, 0.4) is 0 Å². The lowest BCUT2D eigenvalue weighted by Gasteiger charge is -2.41. The first-order chi connectivity index (χ1) is 19.6. The van der Waals surface area contributed by atoms with Crippen molar-refractivity contribution in [3.8, 4) is 23.0 Å². The van der Waals surface area contributed by atoms with Crippen LogP contribution in [0.5, 0.6) is 23.0 Å². The largest absolute Gasteiger partial charge is 0.485 e. The molecule has 204 valence electrons. The number of carbonyl (C=O) groups is 1. The molecule has 4 aromatic rings. The van der Waals surface area contributed by atoms with Gasteiger partial charge < -0.3 is 18.9 Å². The molecule has 6 heteroatoms. The van der Waals surface area contributed by atoms with Crippen LogP contribution in [-0.4, -0.2) is 30.6 Å². The van der Waals surface area contributed by atoms with Crippen molar-refractivity contribution >= 4 is 5.97 Å². The topological polar surface area (TPSA) is 57.2 Å². The Bertz CT molecular complexity index is 1460. The molecule has 3 atom stereocenters. The van der Waals surface area contributed by atoms with Gasteiger partial charge in [0, 0.05) is 12.6 Å². The SMILES string of the molecule is CC[C@@H](c1ccccc1)N1Cc2cc3c(cc2C[C@H]1C(=O)OC)OC[C@H](c1ccc(Oc2ccccc2)cc1)O3. The van der Waals surface area contributed by atoms with Crippen LogP contribution in [0, 0.1) is 0 Å². The van der Waals surface area contributed by atoms with E-state index in [9.17, 15) is 4.79 Å². The van der Waals surface area contributed by atoms with E-state index in [-0.39, 0.29) is 24.2 Å². The average Bonchev–Trinajstić information content (AvgIpc) is 3.01. The lowest BCUT2D eigenvalue weighted by molar-refractivity contribution is -0.149. The van der Waals surface area contributed by atoms with Gasteiger partial charge in [-0.15, -0.1) is 0 Å². The highest BCUT2D eigenvalue weighted by Gasteiger charge is 2.38. The quantitative estimate of drug-likeness (QED) is 0.237. The van der Waals surface area contributed by atoms with Gasteiger partial charge in [-0.2, -0.15) is 0 Å². The molecule has 0 amide bonds. The standard InChI is InChI=1S/C34H33NO5/c1-3-29(23-10-6-4-7-11-23)35-21-26-20-32-31(19-25(26)18-30(35)34(36)37-2)38-22-33(40-32)24-14-16-28(17-15-24)39-27-12-8-5-9-13-27/h4-17,19-20,29-30,33H,3,18,21-22H2,1-2H3/t29-,30-,33+/m0/s1. The molecule has 4 aromatic carbocycles. The molecule has 40 heavy (non-hydrogen) atoms. The fourth-order valence-corrected chi connectivity index (χ4v) is 5.73. The van der Waals surface area contributed by atoms with Crippen molar-refractivity contribution in [2.75, 3.05) is 13.7 Å². The molecule has 0 unspecified atom stereocenters. The molecule has 6 rings (SSSR count). The zero-order valence-corrected chi connectivity index (χ0v) is 22.8. The van der Waals surface area contributed by atoms with Gasteiger partial charge >= 0.3 is 5.97 Å². The number of hydrogen-bond donors (Lipinski definition) is 0. The Morgan fingerprint density at radius 1 is 0.900 bits per heavy atom. The molecule has 0 bridgehead atoms. The predicted molar refractivity (Wildman–Crippen MR) is 153 cm³/mol. The highest BCUT2D eigenvalue weighted by atomic mass is 16.6. The first-order valence-electron chi connectivity index (χ1n) is 13.8. The van der Waals surface area contributed by atoms with Gasteiger partial charge in [0.05, 0.1) is 7.11 Å². The number of methoxy groups -OCH3 is 1. The van der Waals surface area contributed by atoms with E-state index < -0.39 is 0 Å². The number of carbonyl (C=O) groups excluding carboxylic acids is 1. The Labute approximate surface area is 235 Å². The Morgan fingerprint density at radius 3 is 2.27 bits per heavy atom. The number of ether oxygens (including phenoxy) is 4. The minimum atomic E-state index is -0.366. The van der Waals surface area contributed by atoms with Crippen LogP contribution in [0.1, 0.15) is 47.7 Å². The minimum Gasteiger partial charge on any atom is -0.485 e. The van der Waals surface area contributed by atoms with Crippen LogP contribution in [-0.2, 0) is 22.5 Å². The highest BCUT2D eigenvalue weighted by Crippen LogP contribution is 2.42. The van der Waals surface area contributed by atoms with Gasteiger partial charge in [0.2, 0.25) is 0 Å². The lowest BCUT2D eigenvalue weighted by atomic mass is 9.89. The maximum atomic E-state index is 12.9. The van der Waals surface area contributed by atoms with E-state index in [0.717, 1.165) is 40.4 Å². The van der Waals surface area contributed by atoms with E-state index >= 15 is 0 Å². The van der Waals surface area contributed by atoms with Crippen LogP contribution in [0.2, 0.25) is 0 Å². The predicted octanol–water partition coefficient (Wildman–Crippen LogP) is 7.04. The Balaban J connectivity index is 1.23. The third-order valence-corrected chi connectivity index (χ3v) is 7.77. The highest BCUT2D eigenvalue weighted by molar-refractivity contribution is 5.77. The summed E-state index contributed by atoms with van der Waals surface area (Å²) in [6.07, 6.45) is 1.21. The third-order valence-electron chi connectivity index (χ3n) is 7.77. The smallest absolute Gasteiger partial charge is 0.323 e. The molecule has 0 radical (unpaired) electrons. The van der Waals surface area contributed by atoms with Crippen LogP contribution in [0.25, 0.3) is 0 Å². The normalized spacial score (nSPS) is 18.9. The average molecular weight is 536 g/mol. The van der Waals surface area contributed by atoms with Crippen molar-refractivity contribution in [1.82, 2.24) is 4.90 Å². The number of benzene rings is 4. The van der Waals surface area contributed by atoms with Crippen molar-refractivity contribution < 1.29 is 23.7 Å². The summed E-state index contributed by atoms with van der Waals surface area (Å²) in [5.41, 5.74) is 4.45. The number of esters is 1. The molecule has 0 fully saturated rings. The number of nitrogens with zero attached hydrogens (tertiary/aromatic N) is 1. The molecule has 2 aliphatic heterocycles. The molecule has 0 spiro atoms. The van der Waals surface area contributed by atoms with Gasteiger partial charge in [0.15, 0.2) is 17.6 Å². The van der Waals surface area contributed by atoms with Gasteiger partial charge in [-0.1, -0.05) is 67.6 Å². The molecular weight excluding hydrogens is 502 g/mol. The summed E-state index contributed by atoms with van der Waals surface area (Å²) in [6, 6.07) is 31.9. The molecule has 0 aromatic heterocycles. The van der Waals surface area contributed by atoms with E-state index in [2.05, 4.69) is 30.0 Å². The molecule has 2 heterocycles. The zero-order valence-electron chi connectivity index (χ0n) is 22.8. The second kappa shape index (κ2) is 11.4. The maximum absolute atomic E-state index is 12.9. The van der Waals surface area contributed by atoms with Crippen molar-refractivity contribution in [3.05, 3.63) is 119 Å². The lowest BCUT2D eigenvalue weighted by Crippen LogP contribution is -2.47. The summed E-state index contributed by atoms with van der Waals surface area (Å²) in [6.45, 7) is 3.19. The van der Waals surface area contributed by atoms with Crippen LogP contribution < -0.4 is 14.2 Å². The van der Waals surface area contributed by atoms with Gasteiger partial charge in [0.1, 0.15) is 24.1 Å². The molecular formula is C34H33NO5. The molecule has 0 saturated carbocycles. The summed E-state index contributed by atoms with van der Waals surface area (Å²) in [7, 11) is 1.46. The number of para-hydroxylation sites is 1. The zero-order chi connectivity index (χ0) is 27.5. The summed E-state index contributed by atoms with van der Waals surface area (Å²) in [5.74, 6) is 2.79. The first-order valence-corrected chi connectivity index (χ1v) is 13.8. The molecule has 2 aliphatic rings. The molecule has 6 nitrogen and oxygen atoms in total. The van der Waals surface area contributed by atoms with Gasteiger partial charge in [0.25, 0.3) is 0 Å². The van der Waals surface area contributed by atoms with Crippen LogP contribution in [0.15, 0.2) is 97.1 Å². The minimum absolute atomic E-state index is 0.0935. The van der Waals surface area contributed by atoms with E-state index in [1.807, 2.05) is 78.9 Å². The molecule has 0 N–H and O–H groups in total. The number of hydrogen-bond acceptors (Lipinski definition) is 6. The summed E-state index contributed by atoms with van der Waals surface area (Å²) >= 11 is 0. The van der Waals surface area contributed by atoms with E-state index in [1.165, 1.54) is 12.7 Å². The van der Waals surface area contributed by atoms with Crippen molar-refractivity contribution in [1.29, 1.82) is 0 Å². The Hall–Kier alpha value is -4.29. The van der Waals surface area contributed by atoms with E-state index in [4.69, 9.17) is 18.9 Å². The number of fused-ring (bicyclic) bond motifs is 2. The summed E-state index contributed by atoms with van der Waals surface area (Å²) in [4.78, 5) is 15.2. The van der Waals surface area contributed by atoms with Gasteiger partial charge in [-0.25, -0.2) is 0 Å². The van der Waals surface area contributed by atoms with Crippen molar-refractivity contribution in [3.63, 3.8) is 0 Å². The van der Waals surface area contributed by atoms with Crippen LogP contribution >= 0.6 is 0 Å². The van der Waals surface area contributed by atoms with Crippen LogP contribution in [0.4, 0.5) is 0 Å². The Morgan fingerprint density at radius 2 is 1.57 bits per heavy atom. The number of rotatable bonds is 7. The second-order valence-electron chi connectivity index (χ2n) is 10.2. The van der Waals surface area contributed by atoms with Crippen molar-refractivity contribution in [2.45, 2.75) is 44.5 Å². The fraction of sp³-hybridized carbons (Fsp3) is 0.265. The second-order valence-corrected chi connectivity index (χ2v) is 10.2. The third kappa shape index (κ3) is 5.27. The van der Waals surface area contributed by atoms with Gasteiger partial charge in [-0.05, 0) is 71.5 Å². The monoisotopic (exact) mass is 535 g/mol. The first kappa shape index (κ1) is 26.0. The van der Waals surface area contributed by atoms with Gasteiger partial charge in [-0.3, -0.25) is 9.69 Å². The van der Waals surface area contributed by atoms with E-state index in [1.54, 1.807) is 0 Å².